The van der Waals surface area contributed by atoms with Crippen LogP contribution in [0.2, 0.25) is 0 Å². The first-order valence-electron chi connectivity index (χ1n) is 7.42. The third-order valence-corrected chi connectivity index (χ3v) is 3.02. The van der Waals surface area contributed by atoms with E-state index in [0.717, 1.165) is 0 Å². The number of carboxylic acid groups (broad SMARTS) is 1. The molecule has 3 N–H and O–H groups in total. The molecular formula is C18H20O7. The standard InChI is InChI=1S/C10H12O4.C8H8O3/c1-3-10(12)14-7-4-5-8(11)9(6-7)13-2;9-7(8(10)11)6-4-2-1-3-5-6/h4-6,11H,3H2,1-2H3;1-5,7,9H,(H,10,11). The highest BCUT2D eigenvalue weighted by atomic mass is 16.5. The summed E-state index contributed by atoms with van der Waals surface area (Å²) in [6, 6.07) is 12.6. The SMILES string of the molecule is CCC(=O)Oc1ccc(O)c(OC)c1.O=C(O)C(O)c1ccccc1. The number of rotatable bonds is 5. The van der Waals surface area contributed by atoms with Gasteiger partial charge in [-0.3, -0.25) is 4.79 Å². The van der Waals surface area contributed by atoms with Crippen molar-refractivity contribution in [3.63, 3.8) is 0 Å². The lowest BCUT2D eigenvalue weighted by molar-refractivity contribution is -0.147. The summed E-state index contributed by atoms with van der Waals surface area (Å²) in [5, 5.41) is 26.6. The van der Waals surface area contributed by atoms with Crippen LogP contribution in [0, 0.1) is 0 Å². The van der Waals surface area contributed by atoms with Gasteiger partial charge in [-0.25, -0.2) is 4.79 Å². The number of aliphatic hydroxyl groups is 1. The van der Waals surface area contributed by atoms with Crippen LogP contribution in [0.4, 0.5) is 0 Å². The maximum Gasteiger partial charge on any atom is 0.337 e. The zero-order valence-corrected chi connectivity index (χ0v) is 13.9. The first-order valence-corrected chi connectivity index (χ1v) is 7.42. The summed E-state index contributed by atoms with van der Waals surface area (Å²) >= 11 is 0. The summed E-state index contributed by atoms with van der Waals surface area (Å²) in [5.74, 6) is -0.879. The Morgan fingerprint density at radius 2 is 1.76 bits per heavy atom. The molecule has 25 heavy (non-hydrogen) atoms. The summed E-state index contributed by atoms with van der Waals surface area (Å²) in [4.78, 5) is 21.2. The molecule has 2 aromatic rings. The zero-order valence-electron chi connectivity index (χ0n) is 13.9. The first kappa shape index (κ1) is 20.0. The number of phenols is 1. The molecule has 2 aromatic carbocycles. The van der Waals surface area contributed by atoms with E-state index in [0.29, 0.717) is 17.7 Å². The van der Waals surface area contributed by atoms with Crippen LogP contribution in [0.25, 0.3) is 0 Å². The van der Waals surface area contributed by atoms with Crippen LogP contribution >= 0.6 is 0 Å². The summed E-state index contributed by atoms with van der Waals surface area (Å²) in [6.45, 7) is 1.71. The van der Waals surface area contributed by atoms with E-state index >= 15 is 0 Å². The number of carbonyl (C=O) groups excluding carboxylic acids is 1. The van der Waals surface area contributed by atoms with E-state index in [2.05, 4.69) is 0 Å². The average Bonchev–Trinajstić information content (AvgIpc) is 2.63. The highest BCUT2D eigenvalue weighted by Gasteiger charge is 2.14. The molecule has 1 atom stereocenters. The third kappa shape index (κ3) is 6.52. The lowest BCUT2D eigenvalue weighted by Crippen LogP contribution is -2.09. The highest BCUT2D eigenvalue weighted by Crippen LogP contribution is 2.29. The van der Waals surface area contributed by atoms with Gasteiger partial charge < -0.3 is 24.8 Å². The van der Waals surface area contributed by atoms with Crippen LogP contribution in [-0.2, 0) is 9.59 Å². The van der Waals surface area contributed by atoms with Crippen molar-refractivity contribution in [2.45, 2.75) is 19.4 Å². The van der Waals surface area contributed by atoms with E-state index in [4.69, 9.17) is 19.7 Å². The van der Waals surface area contributed by atoms with Crippen molar-refractivity contribution < 1.29 is 34.4 Å². The van der Waals surface area contributed by atoms with Gasteiger partial charge in [0, 0.05) is 12.5 Å². The van der Waals surface area contributed by atoms with Crippen molar-refractivity contribution in [1.29, 1.82) is 0 Å². The van der Waals surface area contributed by atoms with E-state index in [1.165, 1.54) is 25.3 Å². The summed E-state index contributed by atoms with van der Waals surface area (Å²) in [5.41, 5.74) is 0.403. The molecule has 0 amide bonds. The predicted octanol–water partition coefficient (Wildman–Crippen LogP) is 2.52. The van der Waals surface area contributed by atoms with Gasteiger partial charge in [0.2, 0.25) is 0 Å². The molecule has 0 heterocycles. The van der Waals surface area contributed by atoms with Crippen molar-refractivity contribution in [3.8, 4) is 17.2 Å². The van der Waals surface area contributed by atoms with Crippen LogP contribution in [-0.4, -0.2) is 34.4 Å². The molecule has 134 valence electrons. The zero-order chi connectivity index (χ0) is 18.8. The monoisotopic (exact) mass is 348 g/mol. The van der Waals surface area contributed by atoms with Gasteiger partial charge in [-0.15, -0.1) is 0 Å². The van der Waals surface area contributed by atoms with Crippen LogP contribution in [0.1, 0.15) is 25.0 Å². The Morgan fingerprint density at radius 1 is 1.12 bits per heavy atom. The van der Waals surface area contributed by atoms with Gasteiger partial charge in [0.05, 0.1) is 7.11 Å². The Kier molecular flexibility index (Phi) is 7.95. The number of aliphatic hydroxyl groups excluding tert-OH is 1. The van der Waals surface area contributed by atoms with Gasteiger partial charge in [0.15, 0.2) is 17.6 Å². The van der Waals surface area contributed by atoms with Gasteiger partial charge in [0.25, 0.3) is 0 Å². The highest BCUT2D eigenvalue weighted by molar-refractivity contribution is 5.74. The molecule has 0 fully saturated rings. The second-order valence-electron chi connectivity index (χ2n) is 4.81. The molecule has 0 aromatic heterocycles. The number of methoxy groups -OCH3 is 1. The fraction of sp³-hybridized carbons (Fsp3) is 0.222. The van der Waals surface area contributed by atoms with Crippen molar-refractivity contribution in [1.82, 2.24) is 0 Å². The van der Waals surface area contributed by atoms with Gasteiger partial charge in [0.1, 0.15) is 5.75 Å². The van der Waals surface area contributed by atoms with Gasteiger partial charge >= 0.3 is 11.9 Å². The quantitative estimate of drug-likeness (QED) is 0.562. The van der Waals surface area contributed by atoms with E-state index < -0.39 is 12.1 Å². The molecule has 0 aliphatic carbocycles. The van der Waals surface area contributed by atoms with Crippen LogP contribution in [0.5, 0.6) is 17.2 Å². The Hall–Kier alpha value is -3.06. The minimum atomic E-state index is -1.41. The molecule has 0 radical (unpaired) electrons. The Bertz CT molecular complexity index is 698. The van der Waals surface area contributed by atoms with Gasteiger partial charge in [-0.2, -0.15) is 0 Å². The lowest BCUT2D eigenvalue weighted by atomic mass is 10.1. The number of benzene rings is 2. The number of ether oxygens (including phenoxy) is 2. The summed E-state index contributed by atoms with van der Waals surface area (Å²) < 4.78 is 9.79. The molecular weight excluding hydrogens is 328 g/mol. The maximum absolute atomic E-state index is 10.9. The lowest BCUT2D eigenvalue weighted by Gasteiger charge is -2.06. The fourth-order valence-electron chi connectivity index (χ4n) is 1.70. The van der Waals surface area contributed by atoms with E-state index in [1.54, 1.807) is 37.3 Å². The van der Waals surface area contributed by atoms with E-state index in [1.807, 2.05) is 0 Å². The van der Waals surface area contributed by atoms with E-state index in [9.17, 15) is 14.7 Å². The van der Waals surface area contributed by atoms with Gasteiger partial charge in [-0.1, -0.05) is 37.3 Å². The molecule has 0 spiro atoms. The number of carbonyl (C=O) groups is 2. The number of carboxylic acids is 1. The molecule has 0 saturated carbocycles. The Labute approximate surface area is 145 Å². The molecule has 0 saturated heterocycles. The molecule has 7 heteroatoms. The first-order chi connectivity index (χ1) is 11.9. The van der Waals surface area contributed by atoms with Crippen molar-refractivity contribution in [2.75, 3.05) is 7.11 Å². The van der Waals surface area contributed by atoms with Gasteiger partial charge in [-0.05, 0) is 17.7 Å². The topological polar surface area (TPSA) is 113 Å². The third-order valence-electron chi connectivity index (χ3n) is 3.02. The molecule has 0 bridgehead atoms. The number of phenolic OH excluding ortho intramolecular Hbond substituents is 1. The smallest absolute Gasteiger partial charge is 0.337 e. The molecule has 0 aliphatic heterocycles. The number of hydrogen-bond donors (Lipinski definition) is 3. The molecule has 1 unspecified atom stereocenters. The molecule has 2 rings (SSSR count). The van der Waals surface area contributed by atoms with E-state index in [-0.39, 0.29) is 17.5 Å². The minimum Gasteiger partial charge on any atom is -0.504 e. The summed E-state index contributed by atoms with van der Waals surface area (Å²) in [6.07, 6.45) is -1.10. The number of esters is 1. The molecule has 7 nitrogen and oxygen atoms in total. The summed E-state index contributed by atoms with van der Waals surface area (Å²) in [7, 11) is 1.43. The fourth-order valence-corrected chi connectivity index (χ4v) is 1.70. The van der Waals surface area contributed by atoms with Crippen molar-refractivity contribution >= 4 is 11.9 Å². The number of aromatic hydroxyl groups is 1. The second-order valence-corrected chi connectivity index (χ2v) is 4.81. The maximum atomic E-state index is 10.9. The second kappa shape index (κ2) is 9.94. The predicted molar refractivity (Wildman–Crippen MR) is 89.6 cm³/mol. The van der Waals surface area contributed by atoms with Crippen molar-refractivity contribution in [3.05, 3.63) is 54.1 Å². The van der Waals surface area contributed by atoms with Crippen LogP contribution < -0.4 is 9.47 Å². The normalized spacial score (nSPS) is 10.8. The average molecular weight is 348 g/mol. The Balaban J connectivity index is 0.000000257. The molecule has 0 aliphatic rings. The largest absolute Gasteiger partial charge is 0.504 e. The van der Waals surface area contributed by atoms with Crippen LogP contribution in [0.15, 0.2) is 48.5 Å². The minimum absolute atomic E-state index is 0.0174. The number of aliphatic carboxylic acids is 1. The number of hydrogen-bond acceptors (Lipinski definition) is 6. The van der Waals surface area contributed by atoms with Crippen molar-refractivity contribution in [2.24, 2.45) is 0 Å². The Morgan fingerprint density at radius 3 is 2.28 bits per heavy atom. The van der Waals surface area contributed by atoms with Crippen LogP contribution in [0.3, 0.4) is 0 Å².